The summed E-state index contributed by atoms with van der Waals surface area (Å²) in [5.74, 6) is 1.48. The molecule has 0 bridgehead atoms. The van der Waals surface area contributed by atoms with Gasteiger partial charge in [0.15, 0.2) is 0 Å². The quantitative estimate of drug-likeness (QED) is 0.187. The molecule has 43 heavy (non-hydrogen) atoms. The average molecular weight is 563 g/mol. The van der Waals surface area contributed by atoms with Crippen molar-refractivity contribution in [2.24, 2.45) is 0 Å². The number of hydrogen-bond donors (Lipinski definition) is 0. The molecule has 0 saturated carbocycles. The Kier molecular flexibility index (Phi) is 7.79. The summed E-state index contributed by atoms with van der Waals surface area (Å²) in [6, 6.07) is 35.3. The van der Waals surface area contributed by atoms with Crippen LogP contribution in [0.5, 0.6) is 11.5 Å². The summed E-state index contributed by atoms with van der Waals surface area (Å²) in [6.45, 7) is 1.20. The van der Waals surface area contributed by atoms with Gasteiger partial charge in [0.1, 0.15) is 24.2 Å². The number of nitrogens with zero attached hydrogens (tertiary/aromatic N) is 8. The van der Waals surface area contributed by atoms with Gasteiger partial charge in [0.2, 0.25) is 0 Å². The van der Waals surface area contributed by atoms with Crippen molar-refractivity contribution in [2.75, 3.05) is 10.0 Å². The number of rotatable bonds is 10. The van der Waals surface area contributed by atoms with Crippen LogP contribution in [0.2, 0.25) is 0 Å². The molecule has 0 spiro atoms. The van der Waals surface area contributed by atoms with Crippen molar-refractivity contribution in [2.45, 2.75) is 13.1 Å². The van der Waals surface area contributed by atoms with Gasteiger partial charge in [0.05, 0.1) is 47.7 Å². The Bertz CT molecular complexity index is 1690. The van der Waals surface area contributed by atoms with Crippen LogP contribution in [0.25, 0.3) is 0 Å². The van der Waals surface area contributed by atoms with E-state index in [9.17, 15) is 0 Å². The van der Waals surface area contributed by atoms with E-state index in [1.165, 1.54) is 0 Å². The summed E-state index contributed by atoms with van der Waals surface area (Å²) < 4.78 is 9.98. The van der Waals surface area contributed by atoms with Gasteiger partial charge in [0, 0.05) is 24.8 Å². The molecular weight excluding hydrogens is 536 g/mol. The largest absolute Gasteiger partial charge is 0.457 e. The number of ether oxygens (including phenoxy) is 1. The van der Waals surface area contributed by atoms with Crippen LogP contribution in [0, 0.1) is 22.7 Å². The number of anilines is 2. The van der Waals surface area contributed by atoms with Gasteiger partial charge in [-0.15, -0.1) is 0 Å². The molecule has 0 atom stereocenters. The summed E-state index contributed by atoms with van der Waals surface area (Å²) in [5.41, 5.74) is 5.30. The van der Waals surface area contributed by atoms with Crippen LogP contribution in [-0.2, 0) is 13.1 Å². The minimum absolute atomic E-state index is 0.601. The minimum Gasteiger partial charge on any atom is -0.457 e. The Morgan fingerprint density at radius 1 is 0.558 bits per heavy atom. The molecule has 0 unspecified atom stereocenters. The fraction of sp³-hybridized carbons (Fsp3) is 0.0588. The van der Waals surface area contributed by atoms with E-state index in [0.717, 1.165) is 34.0 Å². The highest BCUT2D eigenvalue weighted by Crippen LogP contribution is 2.26. The molecule has 2 aromatic heterocycles. The number of aromatic nitrogens is 4. The van der Waals surface area contributed by atoms with E-state index in [2.05, 4.69) is 32.1 Å². The highest BCUT2D eigenvalue weighted by molar-refractivity contribution is 5.51. The Labute approximate surface area is 249 Å². The second-order valence-corrected chi connectivity index (χ2v) is 9.71. The van der Waals surface area contributed by atoms with Crippen molar-refractivity contribution in [3.8, 4) is 23.6 Å². The molecule has 0 aliphatic rings. The van der Waals surface area contributed by atoms with Gasteiger partial charge in [-0.1, -0.05) is 24.3 Å². The van der Waals surface area contributed by atoms with Gasteiger partial charge in [0.25, 0.3) is 0 Å². The van der Waals surface area contributed by atoms with Crippen molar-refractivity contribution >= 4 is 11.4 Å². The molecule has 0 fully saturated rings. The normalized spacial score (nSPS) is 10.5. The van der Waals surface area contributed by atoms with Crippen LogP contribution in [0.15, 0.2) is 135 Å². The molecule has 0 aliphatic carbocycles. The van der Waals surface area contributed by atoms with Crippen LogP contribution in [-0.4, -0.2) is 19.3 Å². The number of hydrogen-bond acceptors (Lipinski definition) is 7. The van der Waals surface area contributed by atoms with Crippen molar-refractivity contribution < 1.29 is 4.74 Å². The molecule has 9 heteroatoms. The molecule has 0 saturated heterocycles. The summed E-state index contributed by atoms with van der Waals surface area (Å²) in [5, 5.41) is 22.5. The van der Waals surface area contributed by atoms with Crippen molar-refractivity contribution in [1.29, 1.82) is 10.5 Å². The zero-order chi connectivity index (χ0) is 29.4. The van der Waals surface area contributed by atoms with E-state index in [-0.39, 0.29) is 0 Å². The number of nitriles is 2. The Morgan fingerprint density at radius 3 is 1.28 bits per heavy atom. The van der Waals surface area contributed by atoms with E-state index in [1.807, 2.05) is 119 Å². The predicted octanol–water partition coefficient (Wildman–Crippen LogP) is 6.56. The van der Waals surface area contributed by atoms with Gasteiger partial charge >= 0.3 is 0 Å². The average Bonchev–Trinajstić information content (AvgIpc) is 3.80. The number of benzene rings is 4. The van der Waals surface area contributed by atoms with Gasteiger partial charge < -0.3 is 4.74 Å². The zero-order valence-electron chi connectivity index (χ0n) is 23.1. The molecule has 6 aromatic rings. The summed E-state index contributed by atoms with van der Waals surface area (Å²) in [4.78, 5) is 8.39. The third-order valence-corrected chi connectivity index (χ3v) is 6.87. The van der Waals surface area contributed by atoms with Crippen molar-refractivity contribution in [3.05, 3.63) is 157 Å². The Morgan fingerprint density at radius 2 is 0.953 bits per heavy atom. The van der Waals surface area contributed by atoms with E-state index in [4.69, 9.17) is 15.3 Å². The van der Waals surface area contributed by atoms with E-state index >= 15 is 0 Å². The van der Waals surface area contributed by atoms with Gasteiger partial charge in [-0.25, -0.2) is 19.3 Å². The van der Waals surface area contributed by atoms with E-state index in [1.54, 1.807) is 25.0 Å². The summed E-state index contributed by atoms with van der Waals surface area (Å²) in [7, 11) is 0. The second-order valence-electron chi connectivity index (χ2n) is 9.71. The van der Waals surface area contributed by atoms with Crippen LogP contribution >= 0.6 is 0 Å². The van der Waals surface area contributed by atoms with Crippen LogP contribution in [0.3, 0.4) is 0 Å². The number of imidazole rings is 2. The maximum Gasteiger partial charge on any atom is 0.127 e. The third kappa shape index (κ3) is 6.37. The fourth-order valence-electron chi connectivity index (χ4n) is 4.63. The van der Waals surface area contributed by atoms with Crippen molar-refractivity contribution in [1.82, 2.24) is 19.3 Å². The highest BCUT2D eigenvalue weighted by Gasteiger charge is 2.12. The predicted molar refractivity (Wildman–Crippen MR) is 163 cm³/mol. The van der Waals surface area contributed by atoms with Crippen LogP contribution in [0.4, 0.5) is 11.4 Å². The first-order valence-corrected chi connectivity index (χ1v) is 13.6. The summed E-state index contributed by atoms with van der Waals surface area (Å²) >= 11 is 0. The lowest BCUT2D eigenvalue weighted by molar-refractivity contribution is 0.482. The lowest BCUT2D eigenvalue weighted by Gasteiger charge is -2.26. The van der Waals surface area contributed by atoms with Crippen LogP contribution < -0.4 is 14.8 Å². The van der Waals surface area contributed by atoms with Gasteiger partial charge in [-0.05, 0) is 83.9 Å². The maximum atomic E-state index is 9.16. The minimum atomic E-state index is 0.601. The highest BCUT2D eigenvalue weighted by atomic mass is 16.5. The SMILES string of the molecule is N#Cc1ccc(N(Cc2ccc(Oc3ccc(CN(c4ccc(C#N)cc4)n4ccnc4)cc3)cc2)n2ccnc2)cc1. The van der Waals surface area contributed by atoms with Gasteiger partial charge in [-0.3, -0.25) is 10.0 Å². The lowest BCUT2D eigenvalue weighted by Crippen LogP contribution is -2.27. The Balaban J connectivity index is 1.13. The molecule has 208 valence electrons. The molecule has 4 aromatic carbocycles. The first kappa shape index (κ1) is 26.9. The molecule has 6 rings (SSSR count). The molecule has 0 N–H and O–H groups in total. The molecule has 0 aliphatic heterocycles. The zero-order valence-corrected chi connectivity index (χ0v) is 23.1. The maximum absolute atomic E-state index is 9.16. The molecule has 0 amide bonds. The standard InChI is InChI=1S/C34H26N8O/c35-21-27-1-9-31(10-2-27)41(39-19-17-37-25-39)23-29-5-13-33(14-6-29)43-34-15-7-30(8-16-34)24-42(40-20-18-38-26-40)32-11-3-28(22-36)4-12-32/h1-20,25-26H,23-24H2. The van der Waals surface area contributed by atoms with E-state index in [0.29, 0.717) is 24.2 Å². The third-order valence-electron chi connectivity index (χ3n) is 6.87. The van der Waals surface area contributed by atoms with Crippen LogP contribution in [0.1, 0.15) is 22.3 Å². The molecule has 9 nitrogen and oxygen atoms in total. The molecular formula is C34H26N8O. The first-order chi connectivity index (χ1) is 21.2. The summed E-state index contributed by atoms with van der Waals surface area (Å²) in [6.07, 6.45) is 10.7. The molecule has 2 heterocycles. The fourth-order valence-corrected chi connectivity index (χ4v) is 4.63. The molecule has 0 radical (unpaired) electrons. The van der Waals surface area contributed by atoms with Gasteiger partial charge in [-0.2, -0.15) is 10.5 Å². The van der Waals surface area contributed by atoms with E-state index < -0.39 is 0 Å². The van der Waals surface area contributed by atoms with Crippen molar-refractivity contribution in [3.63, 3.8) is 0 Å². The first-order valence-electron chi connectivity index (χ1n) is 13.6. The Hall–Kier alpha value is -6.32. The monoisotopic (exact) mass is 562 g/mol. The lowest BCUT2D eigenvalue weighted by atomic mass is 10.1. The second kappa shape index (κ2) is 12.5. The topological polar surface area (TPSA) is 98.9 Å². The smallest absolute Gasteiger partial charge is 0.127 e.